The Labute approximate surface area is 118 Å². The van der Waals surface area contributed by atoms with Gasteiger partial charge in [-0.3, -0.25) is 4.79 Å². The van der Waals surface area contributed by atoms with Crippen molar-refractivity contribution in [1.82, 2.24) is 5.32 Å². The molecular weight excluding hydrogens is 254 g/mol. The van der Waals surface area contributed by atoms with Crippen LogP contribution in [0.5, 0.6) is 5.75 Å². The van der Waals surface area contributed by atoms with Crippen LogP contribution in [0.4, 0.5) is 0 Å². The third kappa shape index (κ3) is 3.63. The number of benzene rings is 1. The zero-order valence-corrected chi connectivity index (χ0v) is 11.8. The van der Waals surface area contributed by atoms with Gasteiger partial charge in [0, 0.05) is 12.1 Å². The van der Waals surface area contributed by atoms with Crippen LogP contribution < -0.4 is 10.1 Å². The van der Waals surface area contributed by atoms with E-state index in [4.69, 9.17) is 9.15 Å². The van der Waals surface area contributed by atoms with Crippen molar-refractivity contribution in [2.45, 2.75) is 26.8 Å². The summed E-state index contributed by atoms with van der Waals surface area (Å²) in [6.45, 7) is 5.10. The van der Waals surface area contributed by atoms with E-state index in [0.717, 1.165) is 23.3 Å². The largest absolute Gasteiger partial charge is 0.494 e. The van der Waals surface area contributed by atoms with Gasteiger partial charge in [-0.15, -0.1) is 0 Å². The molecule has 1 aromatic carbocycles. The summed E-state index contributed by atoms with van der Waals surface area (Å²) >= 11 is 0. The van der Waals surface area contributed by atoms with Crippen LogP contribution in [0.3, 0.4) is 0 Å². The monoisotopic (exact) mass is 273 g/mol. The number of hydrogen-bond acceptors (Lipinski definition) is 3. The molecule has 0 aliphatic rings. The highest BCUT2D eigenvalue weighted by atomic mass is 16.5. The second-order valence-corrected chi connectivity index (χ2v) is 4.61. The van der Waals surface area contributed by atoms with E-state index in [2.05, 4.69) is 12.2 Å². The number of ether oxygens (including phenoxy) is 1. The van der Waals surface area contributed by atoms with Gasteiger partial charge in [-0.2, -0.15) is 0 Å². The highest BCUT2D eigenvalue weighted by Crippen LogP contribution is 2.13. The fraction of sp³-hybridized carbons (Fsp3) is 0.312. The van der Waals surface area contributed by atoms with Crippen molar-refractivity contribution in [2.24, 2.45) is 0 Å². The van der Waals surface area contributed by atoms with Crippen molar-refractivity contribution in [2.75, 3.05) is 6.61 Å². The molecule has 0 unspecified atom stereocenters. The van der Waals surface area contributed by atoms with Crippen LogP contribution in [-0.4, -0.2) is 12.5 Å². The molecule has 1 amide bonds. The van der Waals surface area contributed by atoms with E-state index in [9.17, 15) is 4.79 Å². The molecule has 4 heteroatoms. The zero-order chi connectivity index (χ0) is 14.4. The summed E-state index contributed by atoms with van der Waals surface area (Å²) < 4.78 is 10.7. The summed E-state index contributed by atoms with van der Waals surface area (Å²) in [5, 5.41) is 2.83. The van der Waals surface area contributed by atoms with Crippen molar-refractivity contribution in [3.8, 4) is 5.75 Å². The van der Waals surface area contributed by atoms with Crippen LogP contribution in [0.15, 0.2) is 41.0 Å². The summed E-state index contributed by atoms with van der Waals surface area (Å²) in [5.41, 5.74) is 1.86. The molecule has 0 spiro atoms. The van der Waals surface area contributed by atoms with Gasteiger partial charge in [0.1, 0.15) is 5.75 Å². The molecule has 0 saturated carbocycles. The van der Waals surface area contributed by atoms with Gasteiger partial charge in [0.15, 0.2) is 5.76 Å². The van der Waals surface area contributed by atoms with Gasteiger partial charge in [0.25, 0.3) is 5.91 Å². The van der Waals surface area contributed by atoms with Crippen LogP contribution in [0, 0.1) is 6.92 Å². The molecule has 0 saturated heterocycles. The number of rotatable bonds is 6. The summed E-state index contributed by atoms with van der Waals surface area (Å²) in [6.07, 6.45) is 2.50. The maximum absolute atomic E-state index is 11.9. The number of nitrogens with one attached hydrogen (secondary N) is 1. The van der Waals surface area contributed by atoms with Gasteiger partial charge in [-0.25, -0.2) is 0 Å². The average Bonchev–Trinajstić information content (AvgIpc) is 2.90. The molecule has 1 heterocycles. The Balaban J connectivity index is 1.88. The SMILES string of the molecule is CCCOc1ccc(CNC(=O)c2occc2C)cc1. The van der Waals surface area contributed by atoms with E-state index in [0.29, 0.717) is 18.9 Å². The van der Waals surface area contributed by atoms with Gasteiger partial charge in [0.2, 0.25) is 0 Å². The molecular formula is C16H19NO3. The van der Waals surface area contributed by atoms with Crippen LogP contribution in [0.25, 0.3) is 0 Å². The molecule has 2 aromatic rings. The first-order valence-corrected chi connectivity index (χ1v) is 6.74. The number of amides is 1. The lowest BCUT2D eigenvalue weighted by Crippen LogP contribution is -2.22. The molecule has 0 fully saturated rings. The maximum atomic E-state index is 11.9. The molecule has 0 aliphatic heterocycles. The van der Waals surface area contributed by atoms with Crippen LogP contribution >= 0.6 is 0 Å². The fourth-order valence-corrected chi connectivity index (χ4v) is 1.79. The van der Waals surface area contributed by atoms with E-state index in [1.54, 1.807) is 6.07 Å². The Morgan fingerprint density at radius 2 is 2.00 bits per heavy atom. The summed E-state index contributed by atoms with van der Waals surface area (Å²) in [4.78, 5) is 11.9. The number of furan rings is 1. The number of aryl methyl sites for hydroxylation is 1. The molecule has 1 aromatic heterocycles. The lowest BCUT2D eigenvalue weighted by atomic mass is 10.2. The Kier molecular flexibility index (Phi) is 4.82. The molecule has 0 bridgehead atoms. The summed E-state index contributed by atoms with van der Waals surface area (Å²) in [7, 11) is 0. The maximum Gasteiger partial charge on any atom is 0.287 e. The van der Waals surface area contributed by atoms with Gasteiger partial charge in [0.05, 0.1) is 12.9 Å². The average molecular weight is 273 g/mol. The minimum atomic E-state index is -0.196. The molecule has 0 atom stereocenters. The Morgan fingerprint density at radius 1 is 1.25 bits per heavy atom. The fourth-order valence-electron chi connectivity index (χ4n) is 1.79. The molecule has 2 rings (SSSR count). The van der Waals surface area contributed by atoms with Gasteiger partial charge >= 0.3 is 0 Å². The quantitative estimate of drug-likeness (QED) is 0.878. The van der Waals surface area contributed by atoms with Crippen molar-refractivity contribution in [1.29, 1.82) is 0 Å². The minimum absolute atomic E-state index is 0.196. The number of hydrogen-bond donors (Lipinski definition) is 1. The Hall–Kier alpha value is -2.23. The number of carbonyl (C=O) groups excluding carboxylic acids is 1. The third-order valence-electron chi connectivity index (χ3n) is 2.92. The van der Waals surface area contributed by atoms with E-state index < -0.39 is 0 Å². The van der Waals surface area contributed by atoms with E-state index in [1.807, 2.05) is 31.2 Å². The van der Waals surface area contributed by atoms with Crippen LogP contribution in [-0.2, 0) is 6.54 Å². The van der Waals surface area contributed by atoms with Gasteiger partial charge in [-0.05, 0) is 37.1 Å². The van der Waals surface area contributed by atoms with Crippen molar-refractivity contribution < 1.29 is 13.9 Å². The smallest absolute Gasteiger partial charge is 0.287 e. The summed E-state index contributed by atoms with van der Waals surface area (Å²) in [5.74, 6) is 1.02. The lowest BCUT2D eigenvalue weighted by Gasteiger charge is -2.07. The van der Waals surface area contributed by atoms with Crippen molar-refractivity contribution in [3.63, 3.8) is 0 Å². The third-order valence-corrected chi connectivity index (χ3v) is 2.92. The molecule has 0 radical (unpaired) electrons. The first-order valence-electron chi connectivity index (χ1n) is 6.74. The predicted molar refractivity (Wildman–Crippen MR) is 76.8 cm³/mol. The minimum Gasteiger partial charge on any atom is -0.494 e. The molecule has 1 N–H and O–H groups in total. The zero-order valence-electron chi connectivity index (χ0n) is 11.8. The van der Waals surface area contributed by atoms with Crippen LogP contribution in [0.1, 0.15) is 35.0 Å². The van der Waals surface area contributed by atoms with Gasteiger partial charge < -0.3 is 14.5 Å². The first kappa shape index (κ1) is 14.2. The second kappa shape index (κ2) is 6.80. The second-order valence-electron chi connectivity index (χ2n) is 4.61. The standard InChI is InChI=1S/C16H19NO3/c1-3-9-19-14-6-4-13(5-7-14)11-17-16(18)15-12(2)8-10-20-15/h4-8,10H,3,9,11H2,1-2H3,(H,17,18). The molecule has 0 aliphatic carbocycles. The van der Waals surface area contributed by atoms with E-state index in [-0.39, 0.29) is 5.91 Å². The van der Waals surface area contributed by atoms with Crippen molar-refractivity contribution >= 4 is 5.91 Å². The summed E-state index contributed by atoms with van der Waals surface area (Å²) in [6, 6.07) is 9.49. The first-order chi connectivity index (χ1) is 9.70. The topological polar surface area (TPSA) is 51.5 Å². The highest BCUT2D eigenvalue weighted by molar-refractivity contribution is 5.92. The highest BCUT2D eigenvalue weighted by Gasteiger charge is 2.11. The molecule has 106 valence electrons. The molecule has 20 heavy (non-hydrogen) atoms. The normalized spacial score (nSPS) is 10.3. The molecule has 4 nitrogen and oxygen atoms in total. The predicted octanol–water partition coefficient (Wildman–Crippen LogP) is 3.31. The Bertz CT molecular complexity index is 557. The van der Waals surface area contributed by atoms with Gasteiger partial charge in [-0.1, -0.05) is 19.1 Å². The van der Waals surface area contributed by atoms with E-state index >= 15 is 0 Å². The van der Waals surface area contributed by atoms with Crippen LogP contribution in [0.2, 0.25) is 0 Å². The lowest BCUT2D eigenvalue weighted by molar-refractivity contribution is 0.0922. The Morgan fingerprint density at radius 3 is 2.60 bits per heavy atom. The van der Waals surface area contributed by atoms with E-state index in [1.165, 1.54) is 6.26 Å². The number of carbonyl (C=O) groups is 1. The van der Waals surface area contributed by atoms with Crippen molar-refractivity contribution in [3.05, 3.63) is 53.5 Å².